The van der Waals surface area contributed by atoms with E-state index in [4.69, 9.17) is 0 Å². The summed E-state index contributed by atoms with van der Waals surface area (Å²) in [4.78, 5) is 3.66. The fourth-order valence-electron chi connectivity index (χ4n) is 3.43. The first-order chi connectivity index (χ1) is 11.4. The molecule has 0 aliphatic heterocycles. The number of nitrogens with one attached hydrogen (secondary N) is 1. The summed E-state index contributed by atoms with van der Waals surface area (Å²) < 4.78 is 0. The van der Waals surface area contributed by atoms with E-state index in [1.54, 1.807) is 0 Å². The Morgan fingerprint density at radius 2 is 1.46 bits per heavy atom. The van der Waals surface area contributed by atoms with Crippen LogP contribution in [0, 0.1) is 0 Å². The molecule has 0 fully saturated rings. The number of aryl methyl sites for hydroxylation is 1. The highest BCUT2D eigenvalue weighted by Crippen LogP contribution is 2.39. The van der Waals surface area contributed by atoms with Crippen molar-refractivity contribution in [3.63, 3.8) is 0 Å². The lowest BCUT2D eigenvalue weighted by molar-refractivity contribution is 0.608. The first-order valence-electron chi connectivity index (χ1n) is 9.08. The summed E-state index contributed by atoms with van der Waals surface area (Å²) in [5.74, 6) is 0.539. The summed E-state index contributed by atoms with van der Waals surface area (Å²) in [6.07, 6.45) is 3.75. The van der Waals surface area contributed by atoms with Crippen LogP contribution in [0.2, 0.25) is 0 Å². The van der Waals surface area contributed by atoms with E-state index in [0.717, 1.165) is 0 Å². The normalized spacial score (nSPS) is 15.1. The largest absolute Gasteiger partial charge is 0.358 e. The highest BCUT2D eigenvalue weighted by atomic mass is 14.7. The van der Waals surface area contributed by atoms with Gasteiger partial charge in [0.15, 0.2) is 0 Å². The summed E-state index contributed by atoms with van der Waals surface area (Å²) in [5.41, 5.74) is 5.71. The van der Waals surface area contributed by atoms with Crippen LogP contribution in [-0.4, -0.2) is 4.98 Å². The van der Waals surface area contributed by atoms with Crippen LogP contribution >= 0.6 is 0 Å². The molecule has 0 amide bonds. The van der Waals surface area contributed by atoms with Gasteiger partial charge in [0.2, 0.25) is 0 Å². The second kappa shape index (κ2) is 9.97. The standard InChI is InChI=1S/C18H17N.2C2H6.CH4/c1-2-7-13(8-3-1)14-10-6-11-16-15-9-4-5-12-17(15)19-18(14)16;2*1-2;/h1-5,7-9,12,14,19H,6,10-11H2;2*1-2H3;1H4/t14-;;;/m0.../s1. The zero-order valence-electron chi connectivity index (χ0n) is 14.9. The van der Waals surface area contributed by atoms with Gasteiger partial charge >= 0.3 is 0 Å². The number of benzene rings is 2. The number of para-hydroxylation sites is 1. The van der Waals surface area contributed by atoms with Gasteiger partial charge in [0.1, 0.15) is 0 Å². The molecule has 1 atom stereocenters. The van der Waals surface area contributed by atoms with Crippen molar-refractivity contribution in [3.8, 4) is 0 Å². The van der Waals surface area contributed by atoms with Crippen LogP contribution in [0.1, 0.15) is 70.7 Å². The zero-order valence-corrected chi connectivity index (χ0v) is 14.9. The lowest BCUT2D eigenvalue weighted by atomic mass is 9.82. The predicted octanol–water partition coefficient (Wildman–Crippen LogP) is 7.32. The molecule has 0 saturated carbocycles. The lowest BCUT2D eigenvalue weighted by Gasteiger charge is -2.23. The van der Waals surface area contributed by atoms with Crippen LogP contribution < -0.4 is 0 Å². The van der Waals surface area contributed by atoms with Gasteiger partial charge in [0, 0.05) is 22.5 Å². The molecule has 2 aromatic carbocycles. The van der Waals surface area contributed by atoms with E-state index < -0.39 is 0 Å². The van der Waals surface area contributed by atoms with Gasteiger partial charge in [0.25, 0.3) is 0 Å². The number of hydrogen-bond donors (Lipinski definition) is 1. The smallest absolute Gasteiger partial charge is 0.0459 e. The molecule has 0 bridgehead atoms. The molecular formula is C23H33N. The summed E-state index contributed by atoms with van der Waals surface area (Å²) in [7, 11) is 0. The number of hydrogen-bond acceptors (Lipinski definition) is 0. The maximum absolute atomic E-state index is 3.66. The van der Waals surface area contributed by atoms with E-state index in [1.165, 1.54) is 47.0 Å². The van der Waals surface area contributed by atoms with Crippen LogP contribution in [0.3, 0.4) is 0 Å². The van der Waals surface area contributed by atoms with E-state index in [-0.39, 0.29) is 7.43 Å². The fourth-order valence-corrected chi connectivity index (χ4v) is 3.43. The first kappa shape index (κ1) is 20.0. The van der Waals surface area contributed by atoms with E-state index in [9.17, 15) is 0 Å². The summed E-state index contributed by atoms with van der Waals surface area (Å²) in [5, 5.41) is 1.41. The number of rotatable bonds is 1. The minimum Gasteiger partial charge on any atom is -0.358 e. The molecular weight excluding hydrogens is 290 g/mol. The van der Waals surface area contributed by atoms with Crippen molar-refractivity contribution in [2.75, 3.05) is 0 Å². The SMILES string of the molecule is C.CC.CC.c1ccc([C@@H]2CCCc3c2[nH]c2ccccc32)cc1. The molecule has 0 saturated heterocycles. The zero-order chi connectivity index (χ0) is 16.7. The van der Waals surface area contributed by atoms with E-state index in [1.807, 2.05) is 27.7 Å². The topological polar surface area (TPSA) is 15.8 Å². The minimum atomic E-state index is 0. The average Bonchev–Trinajstić information content (AvgIpc) is 3.04. The van der Waals surface area contributed by atoms with Crippen LogP contribution in [-0.2, 0) is 6.42 Å². The molecule has 1 heterocycles. The minimum absolute atomic E-state index is 0. The molecule has 0 radical (unpaired) electrons. The van der Waals surface area contributed by atoms with Crippen molar-refractivity contribution in [2.24, 2.45) is 0 Å². The second-order valence-corrected chi connectivity index (χ2v) is 5.42. The third-order valence-electron chi connectivity index (χ3n) is 4.32. The summed E-state index contributed by atoms with van der Waals surface area (Å²) in [6.45, 7) is 8.00. The Bertz CT molecular complexity index is 709. The summed E-state index contributed by atoms with van der Waals surface area (Å²) >= 11 is 0. The van der Waals surface area contributed by atoms with Gasteiger partial charge in [-0.15, -0.1) is 0 Å². The lowest BCUT2D eigenvalue weighted by Crippen LogP contribution is -2.10. The van der Waals surface area contributed by atoms with Crippen LogP contribution in [0.4, 0.5) is 0 Å². The third kappa shape index (κ3) is 3.90. The van der Waals surface area contributed by atoms with Crippen molar-refractivity contribution in [1.29, 1.82) is 0 Å². The Morgan fingerprint density at radius 1 is 0.833 bits per heavy atom. The number of H-pyrrole nitrogens is 1. The molecule has 1 aliphatic rings. The van der Waals surface area contributed by atoms with Gasteiger partial charge in [-0.3, -0.25) is 0 Å². The Hall–Kier alpha value is -2.02. The van der Waals surface area contributed by atoms with Gasteiger partial charge in [-0.2, -0.15) is 0 Å². The van der Waals surface area contributed by atoms with Gasteiger partial charge in [-0.05, 0) is 36.5 Å². The van der Waals surface area contributed by atoms with Crippen LogP contribution in [0.25, 0.3) is 10.9 Å². The molecule has 3 aromatic rings. The van der Waals surface area contributed by atoms with Crippen LogP contribution in [0.5, 0.6) is 0 Å². The number of fused-ring (bicyclic) bond motifs is 3. The Labute approximate surface area is 148 Å². The van der Waals surface area contributed by atoms with Crippen molar-refractivity contribution in [1.82, 2.24) is 4.98 Å². The van der Waals surface area contributed by atoms with Crippen molar-refractivity contribution >= 4 is 10.9 Å². The second-order valence-electron chi connectivity index (χ2n) is 5.42. The van der Waals surface area contributed by atoms with E-state index in [0.29, 0.717) is 5.92 Å². The molecule has 24 heavy (non-hydrogen) atoms. The molecule has 0 spiro atoms. The van der Waals surface area contributed by atoms with Gasteiger partial charge in [-0.25, -0.2) is 0 Å². The maximum Gasteiger partial charge on any atom is 0.0459 e. The summed E-state index contributed by atoms with van der Waals surface area (Å²) in [6, 6.07) is 19.6. The van der Waals surface area contributed by atoms with Crippen molar-refractivity contribution in [2.45, 2.75) is 60.3 Å². The van der Waals surface area contributed by atoms with Crippen molar-refractivity contribution < 1.29 is 0 Å². The fraction of sp³-hybridized carbons (Fsp3) is 0.391. The highest BCUT2D eigenvalue weighted by molar-refractivity contribution is 5.85. The maximum atomic E-state index is 3.66. The molecule has 1 aromatic heterocycles. The Balaban J connectivity index is 0.000000539. The highest BCUT2D eigenvalue weighted by Gasteiger charge is 2.24. The number of aromatic amines is 1. The van der Waals surface area contributed by atoms with Gasteiger partial charge in [-0.1, -0.05) is 83.7 Å². The molecule has 4 rings (SSSR count). The molecule has 1 N–H and O–H groups in total. The van der Waals surface area contributed by atoms with Crippen LogP contribution in [0.15, 0.2) is 54.6 Å². The average molecular weight is 324 g/mol. The molecule has 0 unspecified atom stereocenters. The Kier molecular flexibility index (Phi) is 8.32. The molecule has 1 heteroatoms. The first-order valence-corrected chi connectivity index (χ1v) is 9.08. The molecule has 1 aliphatic carbocycles. The van der Waals surface area contributed by atoms with E-state index >= 15 is 0 Å². The van der Waals surface area contributed by atoms with Gasteiger partial charge in [0.05, 0.1) is 0 Å². The third-order valence-corrected chi connectivity index (χ3v) is 4.32. The van der Waals surface area contributed by atoms with Gasteiger partial charge < -0.3 is 4.98 Å². The molecule has 1 nitrogen and oxygen atoms in total. The predicted molar refractivity (Wildman–Crippen MR) is 109 cm³/mol. The monoisotopic (exact) mass is 323 g/mol. The van der Waals surface area contributed by atoms with Crippen molar-refractivity contribution in [3.05, 3.63) is 71.4 Å². The van der Waals surface area contributed by atoms with E-state index in [2.05, 4.69) is 59.6 Å². The Morgan fingerprint density at radius 3 is 2.17 bits per heavy atom. The number of aromatic nitrogens is 1. The molecule has 130 valence electrons. The quantitative estimate of drug-likeness (QED) is 0.482.